The van der Waals surface area contributed by atoms with Crippen LogP contribution in [0, 0.1) is 12.8 Å². The van der Waals surface area contributed by atoms with Crippen molar-refractivity contribution in [3.05, 3.63) is 42.0 Å². The van der Waals surface area contributed by atoms with Crippen molar-refractivity contribution in [3.8, 4) is 0 Å². The first-order valence-electron chi connectivity index (χ1n) is 6.30. The van der Waals surface area contributed by atoms with E-state index in [0.29, 0.717) is 11.9 Å². The topological polar surface area (TPSA) is 46.5 Å². The van der Waals surface area contributed by atoms with Gasteiger partial charge >= 0.3 is 7.60 Å². The Hall–Kier alpha value is -0.890. The van der Waals surface area contributed by atoms with Gasteiger partial charge in [-0.25, -0.2) is 0 Å². The van der Waals surface area contributed by atoms with Gasteiger partial charge in [-0.2, -0.15) is 0 Å². The Labute approximate surface area is 108 Å². The third kappa shape index (κ3) is 3.32. The molecule has 98 valence electrons. The highest BCUT2D eigenvalue weighted by atomic mass is 31.2. The highest BCUT2D eigenvalue weighted by Crippen LogP contribution is 2.42. The lowest BCUT2D eigenvalue weighted by Crippen LogP contribution is -2.15. The summed E-state index contributed by atoms with van der Waals surface area (Å²) < 4.78 is 17.5. The van der Waals surface area contributed by atoms with E-state index >= 15 is 0 Å². The third-order valence-electron chi connectivity index (χ3n) is 3.24. The zero-order valence-corrected chi connectivity index (χ0v) is 11.5. The molecule has 2 unspecified atom stereocenters. The lowest BCUT2D eigenvalue weighted by molar-refractivity contribution is 0.232. The number of hydrogen-bond donors (Lipinski definition) is 1. The van der Waals surface area contributed by atoms with E-state index in [2.05, 4.69) is 12.2 Å². The highest BCUT2D eigenvalue weighted by Gasteiger charge is 2.25. The van der Waals surface area contributed by atoms with Crippen LogP contribution < -0.4 is 5.30 Å². The van der Waals surface area contributed by atoms with E-state index in [1.54, 1.807) is 12.1 Å². The van der Waals surface area contributed by atoms with Crippen molar-refractivity contribution in [2.45, 2.75) is 26.2 Å². The Kier molecular flexibility index (Phi) is 4.39. The number of aryl methyl sites for hydroxylation is 1. The van der Waals surface area contributed by atoms with Crippen LogP contribution in [0.15, 0.2) is 36.4 Å². The molecule has 0 heterocycles. The van der Waals surface area contributed by atoms with Crippen LogP contribution >= 0.6 is 7.60 Å². The quantitative estimate of drug-likeness (QED) is 0.672. The molecule has 0 saturated carbocycles. The number of hydrogen-bond acceptors (Lipinski definition) is 2. The van der Waals surface area contributed by atoms with Crippen molar-refractivity contribution < 1.29 is 14.0 Å². The predicted molar refractivity (Wildman–Crippen MR) is 73.1 cm³/mol. The Morgan fingerprint density at radius 2 is 2.22 bits per heavy atom. The molecule has 1 N–H and O–H groups in total. The van der Waals surface area contributed by atoms with Crippen LogP contribution in [0.25, 0.3) is 0 Å². The fourth-order valence-electron chi connectivity index (χ4n) is 2.17. The fraction of sp³-hybridized carbons (Fsp3) is 0.429. The van der Waals surface area contributed by atoms with Crippen molar-refractivity contribution in [2.24, 2.45) is 5.92 Å². The standard InChI is InChI=1S/C14H19O3P/c1-12-7-5-6-10-14(12)18(15,16)17-11-13-8-3-2-4-9-13/h3,5-8,10,13H,2,4,9,11H2,1H3,(H,15,16). The molecule has 2 atom stereocenters. The first-order chi connectivity index (χ1) is 8.59. The van der Waals surface area contributed by atoms with Crippen LogP contribution in [0.1, 0.15) is 24.8 Å². The predicted octanol–water partition coefficient (Wildman–Crippen LogP) is 3.18. The fourth-order valence-corrected chi connectivity index (χ4v) is 3.50. The Morgan fingerprint density at radius 3 is 2.89 bits per heavy atom. The minimum atomic E-state index is -3.68. The molecular weight excluding hydrogens is 247 g/mol. The Morgan fingerprint density at radius 1 is 1.44 bits per heavy atom. The second kappa shape index (κ2) is 5.83. The van der Waals surface area contributed by atoms with Crippen molar-refractivity contribution >= 4 is 12.9 Å². The Bertz CT molecular complexity index is 482. The summed E-state index contributed by atoms with van der Waals surface area (Å²) in [6, 6.07) is 7.09. The van der Waals surface area contributed by atoms with E-state index in [9.17, 15) is 9.46 Å². The summed E-state index contributed by atoms with van der Waals surface area (Å²) in [6.07, 6.45) is 7.47. The van der Waals surface area contributed by atoms with Gasteiger partial charge in [-0.1, -0.05) is 30.4 Å². The molecule has 0 bridgehead atoms. The summed E-state index contributed by atoms with van der Waals surface area (Å²) >= 11 is 0. The highest BCUT2D eigenvalue weighted by molar-refractivity contribution is 7.61. The zero-order valence-electron chi connectivity index (χ0n) is 10.6. The van der Waals surface area contributed by atoms with Crippen LogP contribution in [0.3, 0.4) is 0 Å². The number of benzene rings is 1. The molecule has 1 aromatic rings. The lowest BCUT2D eigenvalue weighted by Gasteiger charge is -2.19. The molecule has 2 rings (SSSR count). The SMILES string of the molecule is Cc1ccccc1P(=O)(O)OCC1C=CCCC1. The van der Waals surface area contributed by atoms with Gasteiger partial charge in [0.25, 0.3) is 0 Å². The van der Waals surface area contributed by atoms with Crippen molar-refractivity contribution in [3.63, 3.8) is 0 Å². The van der Waals surface area contributed by atoms with E-state index in [0.717, 1.165) is 24.8 Å². The van der Waals surface area contributed by atoms with Crippen molar-refractivity contribution in [2.75, 3.05) is 6.61 Å². The number of allylic oxidation sites excluding steroid dienone is 1. The van der Waals surface area contributed by atoms with Crippen LogP contribution in [0.5, 0.6) is 0 Å². The summed E-state index contributed by atoms with van der Waals surface area (Å²) in [4.78, 5) is 10.0. The number of rotatable bonds is 4. The maximum absolute atomic E-state index is 12.2. The van der Waals surface area contributed by atoms with Crippen molar-refractivity contribution in [1.82, 2.24) is 0 Å². The summed E-state index contributed by atoms with van der Waals surface area (Å²) in [5.41, 5.74) is 0.794. The molecule has 0 radical (unpaired) electrons. The van der Waals surface area contributed by atoms with Crippen LogP contribution in [0.4, 0.5) is 0 Å². The van der Waals surface area contributed by atoms with Crippen LogP contribution in [-0.2, 0) is 9.09 Å². The second-order valence-electron chi connectivity index (χ2n) is 4.72. The first kappa shape index (κ1) is 13.5. The second-order valence-corrected chi connectivity index (χ2v) is 6.50. The van der Waals surface area contributed by atoms with Gasteiger partial charge in [0.2, 0.25) is 0 Å². The largest absolute Gasteiger partial charge is 0.359 e. The normalized spacial score (nSPS) is 22.7. The van der Waals surface area contributed by atoms with Gasteiger partial charge in [0, 0.05) is 5.92 Å². The average molecular weight is 266 g/mol. The van der Waals surface area contributed by atoms with Gasteiger partial charge in [0.15, 0.2) is 0 Å². The Balaban J connectivity index is 2.03. The average Bonchev–Trinajstić information content (AvgIpc) is 2.38. The minimum absolute atomic E-state index is 0.267. The summed E-state index contributed by atoms with van der Waals surface area (Å²) in [7, 11) is -3.68. The summed E-state index contributed by atoms with van der Waals surface area (Å²) in [5.74, 6) is 0.267. The van der Waals surface area contributed by atoms with E-state index < -0.39 is 7.60 Å². The molecule has 1 aliphatic rings. The van der Waals surface area contributed by atoms with E-state index in [1.165, 1.54) is 0 Å². The smallest absolute Gasteiger partial charge is 0.321 e. The zero-order chi connectivity index (χ0) is 13.0. The summed E-state index contributed by atoms with van der Waals surface area (Å²) in [6.45, 7) is 2.14. The lowest BCUT2D eigenvalue weighted by atomic mass is 9.97. The molecule has 0 amide bonds. The summed E-state index contributed by atoms with van der Waals surface area (Å²) in [5, 5.41) is 0.407. The van der Waals surface area contributed by atoms with Gasteiger partial charge in [-0.15, -0.1) is 0 Å². The van der Waals surface area contributed by atoms with Crippen LogP contribution in [0.2, 0.25) is 0 Å². The van der Waals surface area contributed by atoms with Gasteiger partial charge in [0.05, 0.1) is 11.9 Å². The van der Waals surface area contributed by atoms with E-state index in [-0.39, 0.29) is 5.92 Å². The maximum Gasteiger partial charge on any atom is 0.359 e. The molecule has 0 saturated heterocycles. The van der Waals surface area contributed by atoms with Crippen molar-refractivity contribution in [1.29, 1.82) is 0 Å². The first-order valence-corrected chi connectivity index (χ1v) is 7.87. The minimum Gasteiger partial charge on any atom is -0.321 e. The van der Waals surface area contributed by atoms with Crippen LogP contribution in [-0.4, -0.2) is 11.5 Å². The molecule has 1 aliphatic carbocycles. The van der Waals surface area contributed by atoms with Gasteiger partial charge in [-0.05, 0) is 37.8 Å². The molecule has 18 heavy (non-hydrogen) atoms. The van der Waals surface area contributed by atoms with Gasteiger partial charge < -0.3 is 9.42 Å². The third-order valence-corrected chi connectivity index (χ3v) is 4.85. The van der Waals surface area contributed by atoms with E-state index in [1.807, 2.05) is 19.1 Å². The molecular formula is C14H19O3P. The van der Waals surface area contributed by atoms with Gasteiger partial charge in [-0.3, -0.25) is 4.57 Å². The molecule has 1 aromatic carbocycles. The molecule has 0 aliphatic heterocycles. The molecule has 3 nitrogen and oxygen atoms in total. The molecule has 0 spiro atoms. The molecule has 4 heteroatoms. The van der Waals surface area contributed by atoms with Gasteiger partial charge in [0.1, 0.15) is 0 Å². The molecule has 0 aromatic heterocycles. The monoisotopic (exact) mass is 266 g/mol. The molecule has 0 fully saturated rings. The van der Waals surface area contributed by atoms with E-state index in [4.69, 9.17) is 4.52 Å². The maximum atomic E-state index is 12.2.